The van der Waals surface area contributed by atoms with Crippen molar-refractivity contribution in [2.45, 2.75) is 26.2 Å². The van der Waals surface area contributed by atoms with Gasteiger partial charge < -0.3 is 10.2 Å². The second-order valence-electron chi connectivity index (χ2n) is 5.41. The van der Waals surface area contributed by atoms with Gasteiger partial charge in [-0.25, -0.2) is 9.38 Å². The zero-order valence-corrected chi connectivity index (χ0v) is 14.7. The molecule has 0 atom stereocenters. The Bertz CT molecular complexity index is 617. The number of allylic oxidation sites excluding steroid dienone is 2. The molecule has 4 nitrogen and oxygen atoms in total. The van der Waals surface area contributed by atoms with E-state index in [9.17, 15) is 4.39 Å². The van der Waals surface area contributed by atoms with E-state index in [0.29, 0.717) is 19.4 Å². The Labute approximate surface area is 149 Å². The summed E-state index contributed by atoms with van der Waals surface area (Å²) in [6.45, 7) is 6.30. The molecule has 0 unspecified atom stereocenters. The average molecular weight is 343 g/mol. The van der Waals surface area contributed by atoms with Crippen LogP contribution in [0.2, 0.25) is 0 Å². The van der Waals surface area contributed by atoms with Gasteiger partial charge in [-0.3, -0.25) is 4.79 Å². The van der Waals surface area contributed by atoms with Gasteiger partial charge in [0.05, 0.1) is 6.67 Å². The zero-order valence-electron chi connectivity index (χ0n) is 14.7. The van der Waals surface area contributed by atoms with Gasteiger partial charge in [-0.05, 0) is 43.2 Å². The number of para-hydroxylation sites is 1. The summed E-state index contributed by atoms with van der Waals surface area (Å²) in [4.78, 5) is 13.7. The minimum atomic E-state index is 0.389. The summed E-state index contributed by atoms with van der Waals surface area (Å²) in [5.41, 5.74) is 3.63. The maximum atomic E-state index is 12.6. The van der Waals surface area contributed by atoms with Crippen molar-refractivity contribution < 1.29 is 9.18 Å². The smallest absolute Gasteiger partial charge is 0.232 e. The zero-order chi connectivity index (χ0) is 18.3. The van der Waals surface area contributed by atoms with Crippen molar-refractivity contribution in [3.8, 4) is 0 Å². The number of aryl methyl sites for hydroxylation is 1. The average Bonchev–Trinajstić information content (AvgIpc) is 2.67. The van der Waals surface area contributed by atoms with Gasteiger partial charge in [-0.2, -0.15) is 0 Å². The molecule has 0 saturated carbocycles. The predicted molar refractivity (Wildman–Crippen MR) is 103 cm³/mol. The van der Waals surface area contributed by atoms with Crippen molar-refractivity contribution in [2.24, 2.45) is 4.99 Å². The molecule has 1 aromatic rings. The van der Waals surface area contributed by atoms with Crippen LogP contribution in [-0.2, 0) is 11.2 Å². The van der Waals surface area contributed by atoms with Gasteiger partial charge in [0.1, 0.15) is 6.33 Å². The molecule has 25 heavy (non-hydrogen) atoms. The van der Waals surface area contributed by atoms with Gasteiger partial charge >= 0.3 is 0 Å². The maximum absolute atomic E-state index is 12.6. The molecule has 2 rings (SSSR count). The van der Waals surface area contributed by atoms with Crippen LogP contribution in [0.1, 0.15) is 25.3 Å². The molecule has 1 aliphatic carbocycles. The molecular weight excluding hydrogens is 317 g/mol. The molecule has 0 radical (unpaired) electrons. The normalized spacial score (nSPS) is 12.8. The van der Waals surface area contributed by atoms with Crippen molar-refractivity contribution in [3.63, 3.8) is 0 Å². The molecule has 1 aliphatic rings. The molecule has 0 aromatic heterocycles. The SMILES string of the molecule is C=NC=O.CCc1ccccc1NCN(/C=C/F)CC1=CCCC=C1. The number of rotatable bonds is 8. The largest absolute Gasteiger partial charge is 0.368 e. The fourth-order valence-electron chi connectivity index (χ4n) is 2.45. The highest BCUT2D eigenvalue weighted by atomic mass is 19.1. The number of hydrogen-bond acceptors (Lipinski definition) is 3. The second kappa shape index (κ2) is 12.7. The summed E-state index contributed by atoms with van der Waals surface area (Å²) in [6, 6.07) is 8.24. The first-order valence-corrected chi connectivity index (χ1v) is 8.32. The minimum absolute atomic E-state index is 0.389. The van der Waals surface area contributed by atoms with Gasteiger partial charge in [-0.1, -0.05) is 43.4 Å². The predicted octanol–water partition coefficient (Wildman–Crippen LogP) is 4.48. The number of nitrogens with one attached hydrogen (secondary N) is 1. The van der Waals surface area contributed by atoms with Crippen LogP contribution in [0.4, 0.5) is 10.1 Å². The first kappa shape index (κ1) is 20.4. The summed E-state index contributed by atoms with van der Waals surface area (Å²) in [6.07, 6.45) is 12.2. The van der Waals surface area contributed by atoms with Crippen molar-refractivity contribution in [2.75, 3.05) is 18.5 Å². The van der Waals surface area contributed by atoms with Gasteiger partial charge in [0.2, 0.25) is 6.41 Å². The van der Waals surface area contributed by atoms with E-state index in [-0.39, 0.29) is 0 Å². The first-order chi connectivity index (χ1) is 12.2. The van der Waals surface area contributed by atoms with Crippen molar-refractivity contribution in [1.29, 1.82) is 0 Å². The standard InChI is InChI=1S/C18H23FN2.C2H3NO/c1-2-17-10-6-7-11-18(17)20-15-21(13-12-19)14-16-8-4-3-5-9-16;1-3-2-4/h4,6-13,20H,2-3,5,14-15H2,1H3;2H,1H2/b13-12+;. The monoisotopic (exact) mass is 343 g/mol. The van der Waals surface area contributed by atoms with Crippen molar-refractivity contribution in [1.82, 2.24) is 4.90 Å². The van der Waals surface area contributed by atoms with E-state index >= 15 is 0 Å². The Hall–Kier alpha value is -2.69. The number of nitrogens with zero attached hydrogens (tertiary/aromatic N) is 2. The van der Waals surface area contributed by atoms with Crippen LogP contribution in [0.15, 0.2) is 65.6 Å². The Morgan fingerprint density at radius 1 is 1.36 bits per heavy atom. The van der Waals surface area contributed by atoms with E-state index in [2.05, 4.69) is 54.3 Å². The molecule has 0 heterocycles. The highest BCUT2D eigenvalue weighted by Gasteiger charge is 2.05. The van der Waals surface area contributed by atoms with Gasteiger partial charge in [0, 0.05) is 18.4 Å². The Morgan fingerprint density at radius 2 is 2.12 bits per heavy atom. The van der Waals surface area contributed by atoms with Crippen LogP contribution in [0.3, 0.4) is 0 Å². The summed E-state index contributed by atoms with van der Waals surface area (Å²) in [5.74, 6) is 0. The van der Waals surface area contributed by atoms with E-state index in [4.69, 9.17) is 4.79 Å². The molecule has 1 amide bonds. The molecule has 1 N–H and O–H groups in total. The number of carbonyl (C=O) groups is 1. The van der Waals surface area contributed by atoms with Gasteiger partial charge in [0.25, 0.3) is 0 Å². The number of anilines is 1. The van der Waals surface area contributed by atoms with E-state index < -0.39 is 0 Å². The number of aliphatic imine (C=N–C) groups is 1. The topological polar surface area (TPSA) is 44.7 Å². The molecule has 0 bridgehead atoms. The third-order valence-corrected chi connectivity index (χ3v) is 3.67. The van der Waals surface area contributed by atoms with Crippen LogP contribution >= 0.6 is 0 Å². The summed E-state index contributed by atoms with van der Waals surface area (Å²) >= 11 is 0. The lowest BCUT2D eigenvalue weighted by atomic mass is 10.1. The summed E-state index contributed by atoms with van der Waals surface area (Å²) < 4.78 is 12.6. The van der Waals surface area contributed by atoms with E-state index in [1.54, 1.807) is 0 Å². The molecule has 0 saturated heterocycles. The van der Waals surface area contributed by atoms with Crippen LogP contribution in [0.25, 0.3) is 0 Å². The third kappa shape index (κ3) is 8.11. The van der Waals surface area contributed by atoms with Crippen molar-refractivity contribution in [3.05, 3.63) is 66.2 Å². The van der Waals surface area contributed by atoms with Crippen molar-refractivity contribution >= 4 is 18.8 Å². The fourth-order valence-corrected chi connectivity index (χ4v) is 2.45. The highest BCUT2D eigenvalue weighted by Crippen LogP contribution is 2.16. The molecule has 0 aliphatic heterocycles. The fraction of sp³-hybridized carbons (Fsp3) is 0.300. The summed E-state index contributed by atoms with van der Waals surface area (Å²) in [7, 11) is 0. The van der Waals surface area contributed by atoms with E-state index in [1.165, 1.54) is 17.3 Å². The minimum Gasteiger partial charge on any atom is -0.368 e. The molecular formula is C20H26FN3O. The summed E-state index contributed by atoms with van der Waals surface area (Å²) in [5, 5.41) is 3.40. The Kier molecular flexibility index (Phi) is 10.3. The lowest BCUT2D eigenvalue weighted by molar-refractivity contribution is -0.106. The number of halogens is 1. The van der Waals surface area contributed by atoms with E-state index in [1.807, 2.05) is 17.0 Å². The molecule has 1 aromatic carbocycles. The molecule has 0 spiro atoms. The maximum Gasteiger partial charge on any atom is 0.232 e. The number of hydrogen-bond donors (Lipinski definition) is 1. The van der Waals surface area contributed by atoms with Gasteiger partial charge in [-0.15, -0.1) is 0 Å². The molecule has 134 valence electrons. The first-order valence-electron chi connectivity index (χ1n) is 8.32. The highest BCUT2D eigenvalue weighted by molar-refractivity contribution is 5.55. The van der Waals surface area contributed by atoms with Crippen LogP contribution in [-0.4, -0.2) is 31.2 Å². The molecule has 0 fully saturated rings. The van der Waals surface area contributed by atoms with Crippen LogP contribution in [0, 0.1) is 0 Å². The molecule has 5 heteroatoms. The van der Waals surface area contributed by atoms with Gasteiger partial charge in [0.15, 0.2) is 0 Å². The third-order valence-electron chi connectivity index (χ3n) is 3.67. The Morgan fingerprint density at radius 3 is 2.72 bits per heavy atom. The Balaban J connectivity index is 0.000000705. The van der Waals surface area contributed by atoms with Crippen LogP contribution in [0.5, 0.6) is 0 Å². The lowest BCUT2D eigenvalue weighted by Crippen LogP contribution is -2.26. The number of amides is 1. The second-order valence-corrected chi connectivity index (χ2v) is 5.41. The van der Waals surface area contributed by atoms with Crippen LogP contribution < -0.4 is 5.32 Å². The number of carbonyl (C=O) groups excluding carboxylic acids is 1. The van der Waals surface area contributed by atoms with E-state index in [0.717, 1.165) is 31.5 Å². The quantitative estimate of drug-likeness (QED) is 0.430. The number of benzene rings is 1. The lowest BCUT2D eigenvalue weighted by Gasteiger charge is -2.23.